The summed E-state index contributed by atoms with van der Waals surface area (Å²) in [5.41, 5.74) is 0.973. The largest absolute Gasteiger partial charge is 0.488 e. The molecule has 0 aliphatic carbocycles. The molecule has 2 unspecified atom stereocenters. The third-order valence-corrected chi connectivity index (χ3v) is 6.71. The topological polar surface area (TPSA) is 91.3 Å². The molecule has 2 saturated heterocycles. The van der Waals surface area contributed by atoms with Crippen LogP contribution in [0.2, 0.25) is 0 Å². The molecule has 5 rings (SSSR count). The first-order chi connectivity index (χ1) is 16.4. The van der Waals surface area contributed by atoms with Crippen molar-refractivity contribution in [2.45, 2.75) is 44.0 Å². The average Bonchev–Trinajstić information content (AvgIpc) is 3.11. The SMILES string of the molecule is O=C(N[C@@H]1COc2c(F)c(N3CC4CCC(C3)N4C(=O)O)cc(F)c2C1)OCc1ccccc1. The number of halogens is 2. The summed E-state index contributed by atoms with van der Waals surface area (Å²) in [7, 11) is 0. The number of alkyl carbamates (subject to hydrolysis) is 1. The van der Waals surface area contributed by atoms with E-state index < -0.39 is 29.9 Å². The minimum Gasteiger partial charge on any atom is -0.488 e. The minimum atomic E-state index is -0.978. The quantitative estimate of drug-likeness (QED) is 0.706. The summed E-state index contributed by atoms with van der Waals surface area (Å²) in [6.07, 6.45) is -0.172. The van der Waals surface area contributed by atoms with Crippen LogP contribution < -0.4 is 15.0 Å². The van der Waals surface area contributed by atoms with E-state index in [-0.39, 0.29) is 48.7 Å². The van der Waals surface area contributed by atoms with E-state index in [4.69, 9.17) is 9.47 Å². The van der Waals surface area contributed by atoms with Gasteiger partial charge in [-0.3, -0.25) is 4.90 Å². The second-order valence-corrected chi connectivity index (χ2v) is 8.90. The van der Waals surface area contributed by atoms with E-state index in [0.29, 0.717) is 25.9 Å². The summed E-state index contributed by atoms with van der Waals surface area (Å²) in [6.45, 7) is 0.677. The van der Waals surface area contributed by atoms with E-state index in [9.17, 15) is 14.7 Å². The fraction of sp³-hybridized carbons (Fsp3) is 0.417. The minimum absolute atomic E-state index is 0.0225. The molecular formula is C24H25F2N3O5. The molecule has 10 heteroatoms. The molecule has 0 saturated carbocycles. The Balaban J connectivity index is 1.25. The van der Waals surface area contributed by atoms with Crippen molar-refractivity contribution in [1.29, 1.82) is 0 Å². The molecular weight excluding hydrogens is 448 g/mol. The highest BCUT2D eigenvalue weighted by atomic mass is 19.1. The van der Waals surface area contributed by atoms with Crippen molar-refractivity contribution in [3.63, 3.8) is 0 Å². The van der Waals surface area contributed by atoms with Crippen molar-refractivity contribution < 1.29 is 33.0 Å². The third kappa shape index (κ3) is 4.20. The van der Waals surface area contributed by atoms with Gasteiger partial charge in [-0.25, -0.2) is 18.4 Å². The van der Waals surface area contributed by atoms with Gasteiger partial charge in [0.2, 0.25) is 0 Å². The van der Waals surface area contributed by atoms with Gasteiger partial charge in [0.1, 0.15) is 19.0 Å². The standard InChI is InChI=1S/C24H25F2N3O5/c25-19-9-20(28-10-16-6-7-17(11-28)29(16)24(31)32)21(26)22-18(19)8-15(13-33-22)27-23(30)34-12-14-4-2-1-3-5-14/h1-5,9,15-17H,6-8,10-13H2,(H,27,30)(H,31,32)/t15-,16?,17?/m0/s1. The Kier molecular flexibility index (Phi) is 5.89. The number of carbonyl (C=O) groups is 2. The van der Waals surface area contributed by atoms with Crippen LogP contribution in [0.15, 0.2) is 36.4 Å². The van der Waals surface area contributed by atoms with Gasteiger partial charge in [-0.1, -0.05) is 30.3 Å². The summed E-state index contributed by atoms with van der Waals surface area (Å²) >= 11 is 0. The van der Waals surface area contributed by atoms with Gasteiger partial charge in [0, 0.05) is 31.1 Å². The van der Waals surface area contributed by atoms with Gasteiger partial charge in [0.15, 0.2) is 11.6 Å². The maximum absolute atomic E-state index is 15.4. The lowest BCUT2D eigenvalue weighted by Crippen LogP contribution is -2.55. The molecule has 8 nitrogen and oxygen atoms in total. The maximum Gasteiger partial charge on any atom is 0.407 e. The highest BCUT2D eigenvalue weighted by Crippen LogP contribution is 2.39. The number of hydrogen-bond donors (Lipinski definition) is 2. The molecule has 2 fully saturated rings. The lowest BCUT2D eigenvalue weighted by molar-refractivity contribution is 0.114. The number of amides is 2. The molecule has 34 heavy (non-hydrogen) atoms. The van der Waals surface area contributed by atoms with Gasteiger partial charge in [0.25, 0.3) is 0 Å². The van der Waals surface area contributed by atoms with E-state index in [2.05, 4.69) is 5.32 Å². The number of carboxylic acid groups (broad SMARTS) is 1. The number of nitrogens with one attached hydrogen (secondary N) is 1. The number of anilines is 1. The van der Waals surface area contributed by atoms with E-state index >= 15 is 8.78 Å². The number of benzene rings is 2. The Labute approximate surface area is 195 Å². The van der Waals surface area contributed by atoms with Crippen LogP contribution in [0, 0.1) is 11.6 Å². The molecule has 3 aliphatic rings. The Morgan fingerprint density at radius 3 is 2.53 bits per heavy atom. The molecule has 180 valence electrons. The molecule has 0 spiro atoms. The lowest BCUT2D eigenvalue weighted by Gasteiger charge is -2.41. The van der Waals surface area contributed by atoms with E-state index in [0.717, 1.165) is 11.6 Å². The molecule has 2 aromatic rings. The van der Waals surface area contributed by atoms with Crippen LogP contribution in [0.3, 0.4) is 0 Å². The van der Waals surface area contributed by atoms with Crippen LogP contribution >= 0.6 is 0 Å². The molecule has 2 N–H and O–H groups in total. The van der Waals surface area contributed by atoms with Crippen molar-refractivity contribution in [1.82, 2.24) is 10.2 Å². The van der Waals surface area contributed by atoms with Gasteiger partial charge in [-0.2, -0.15) is 0 Å². The van der Waals surface area contributed by atoms with Crippen LogP contribution in [0.1, 0.15) is 24.0 Å². The normalized spacial score (nSPS) is 23.2. The van der Waals surface area contributed by atoms with Crippen LogP contribution in [0.5, 0.6) is 5.75 Å². The Morgan fingerprint density at radius 2 is 1.85 bits per heavy atom. The fourth-order valence-corrected chi connectivity index (χ4v) is 5.12. The highest BCUT2D eigenvalue weighted by Gasteiger charge is 2.44. The monoisotopic (exact) mass is 473 g/mol. The molecule has 3 atom stereocenters. The molecule has 2 amide bonds. The van der Waals surface area contributed by atoms with Crippen LogP contribution in [0.25, 0.3) is 0 Å². The lowest BCUT2D eigenvalue weighted by atomic mass is 10.00. The second-order valence-electron chi connectivity index (χ2n) is 8.90. The number of ether oxygens (including phenoxy) is 2. The van der Waals surface area contributed by atoms with Gasteiger partial charge >= 0.3 is 12.2 Å². The number of hydrogen-bond acceptors (Lipinski definition) is 5. The number of nitrogens with zero attached hydrogens (tertiary/aromatic N) is 2. The van der Waals surface area contributed by atoms with Crippen molar-refractivity contribution in [2.75, 3.05) is 24.6 Å². The first-order valence-electron chi connectivity index (χ1n) is 11.3. The fourth-order valence-electron chi connectivity index (χ4n) is 5.12. The van der Waals surface area contributed by atoms with Gasteiger partial charge in [-0.05, 0) is 18.4 Å². The number of rotatable bonds is 4. The molecule has 3 aliphatic heterocycles. The summed E-state index contributed by atoms with van der Waals surface area (Å²) in [4.78, 5) is 26.8. The average molecular weight is 473 g/mol. The second kappa shape index (κ2) is 9.00. The van der Waals surface area contributed by atoms with E-state index in [1.165, 1.54) is 4.90 Å². The Hall–Kier alpha value is -3.56. The zero-order valence-electron chi connectivity index (χ0n) is 18.4. The summed E-state index contributed by atoms with van der Waals surface area (Å²) < 4.78 is 41.2. The number of fused-ring (bicyclic) bond motifs is 3. The molecule has 0 aromatic heterocycles. The van der Waals surface area contributed by atoms with Crippen molar-refractivity contribution >= 4 is 17.9 Å². The zero-order chi connectivity index (χ0) is 23.8. The van der Waals surface area contributed by atoms with Crippen molar-refractivity contribution in [2.24, 2.45) is 0 Å². The summed E-state index contributed by atoms with van der Waals surface area (Å²) in [6, 6.07) is 9.29. The number of piperazine rings is 1. The Morgan fingerprint density at radius 1 is 1.15 bits per heavy atom. The molecule has 2 aromatic carbocycles. The van der Waals surface area contributed by atoms with Crippen LogP contribution in [-0.4, -0.2) is 60.0 Å². The number of carbonyl (C=O) groups excluding carboxylic acids is 1. The maximum atomic E-state index is 15.4. The summed E-state index contributed by atoms with van der Waals surface area (Å²) in [5, 5.41) is 12.1. The molecule has 3 heterocycles. The third-order valence-electron chi connectivity index (χ3n) is 6.71. The predicted octanol–water partition coefficient (Wildman–Crippen LogP) is 3.53. The smallest absolute Gasteiger partial charge is 0.407 e. The Bertz CT molecular complexity index is 1090. The van der Waals surface area contributed by atoms with Crippen LogP contribution in [0.4, 0.5) is 24.1 Å². The van der Waals surface area contributed by atoms with Crippen LogP contribution in [-0.2, 0) is 17.8 Å². The van der Waals surface area contributed by atoms with E-state index in [1.807, 2.05) is 30.3 Å². The zero-order valence-corrected chi connectivity index (χ0v) is 18.4. The molecule has 0 radical (unpaired) electrons. The van der Waals surface area contributed by atoms with Gasteiger partial charge in [-0.15, -0.1) is 0 Å². The highest BCUT2D eigenvalue weighted by molar-refractivity contribution is 5.69. The molecule has 2 bridgehead atoms. The first-order valence-corrected chi connectivity index (χ1v) is 11.3. The van der Waals surface area contributed by atoms with Gasteiger partial charge < -0.3 is 24.8 Å². The van der Waals surface area contributed by atoms with E-state index in [1.54, 1.807) is 4.90 Å². The first kappa shape index (κ1) is 22.2. The van der Waals surface area contributed by atoms with Gasteiger partial charge in [0.05, 0.1) is 23.8 Å². The van der Waals surface area contributed by atoms with Crippen molar-refractivity contribution in [3.05, 3.63) is 59.2 Å². The van der Waals surface area contributed by atoms with Crippen molar-refractivity contribution in [3.8, 4) is 5.75 Å². The summed E-state index contributed by atoms with van der Waals surface area (Å²) in [5.74, 6) is -1.44. The predicted molar refractivity (Wildman–Crippen MR) is 118 cm³/mol.